The second kappa shape index (κ2) is 7.65. The fourth-order valence-electron chi connectivity index (χ4n) is 1.39. The van der Waals surface area contributed by atoms with Crippen molar-refractivity contribution in [1.29, 1.82) is 0 Å². The molecule has 0 amide bonds. The van der Waals surface area contributed by atoms with E-state index in [1.54, 1.807) is 18.1 Å². The van der Waals surface area contributed by atoms with Gasteiger partial charge in [0.1, 0.15) is 12.2 Å². The number of hydrogen-bond donors (Lipinski definition) is 2. The molecule has 0 aliphatic heterocycles. The fraction of sp³-hybridized carbons (Fsp3) is 0.727. The summed E-state index contributed by atoms with van der Waals surface area (Å²) in [7, 11) is 5.73. The van der Waals surface area contributed by atoms with Crippen molar-refractivity contribution in [3.8, 4) is 0 Å². The highest BCUT2D eigenvalue weighted by atomic mass is 15.3. The Labute approximate surface area is 108 Å². The van der Waals surface area contributed by atoms with E-state index in [9.17, 15) is 0 Å². The van der Waals surface area contributed by atoms with E-state index < -0.39 is 0 Å². The van der Waals surface area contributed by atoms with Crippen molar-refractivity contribution in [3.63, 3.8) is 0 Å². The number of aryl methyl sites for hydroxylation is 1. The van der Waals surface area contributed by atoms with Crippen LogP contribution in [0.5, 0.6) is 0 Å². The van der Waals surface area contributed by atoms with Crippen LogP contribution in [0, 0.1) is 0 Å². The summed E-state index contributed by atoms with van der Waals surface area (Å²) in [4.78, 5) is 10.5. The summed E-state index contributed by atoms with van der Waals surface area (Å²) in [5.41, 5.74) is 0. The molecular weight excluding hydrogens is 230 g/mol. The largest absolute Gasteiger partial charge is 0.355 e. The Morgan fingerprint density at radius 2 is 2.28 bits per heavy atom. The van der Waals surface area contributed by atoms with Crippen molar-refractivity contribution in [2.24, 2.45) is 12.0 Å². The summed E-state index contributed by atoms with van der Waals surface area (Å²) in [6.45, 7) is 5.65. The highest BCUT2D eigenvalue weighted by Gasteiger charge is 2.02. The maximum atomic E-state index is 4.16. The average molecular weight is 253 g/mol. The summed E-state index contributed by atoms with van der Waals surface area (Å²) in [6.07, 6.45) is 1.55. The molecule has 0 aliphatic rings. The maximum Gasteiger partial charge on any atom is 0.191 e. The van der Waals surface area contributed by atoms with Crippen molar-refractivity contribution in [2.75, 3.05) is 33.7 Å². The van der Waals surface area contributed by atoms with Gasteiger partial charge in [-0.2, -0.15) is 5.10 Å². The highest BCUT2D eigenvalue weighted by molar-refractivity contribution is 5.79. The molecule has 1 heterocycles. The van der Waals surface area contributed by atoms with E-state index in [0.717, 1.165) is 31.4 Å². The molecule has 0 atom stereocenters. The second-order valence-electron chi connectivity index (χ2n) is 4.05. The first-order valence-corrected chi connectivity index (χ1v) is 6.13. The molecule has 18 heavy (non-hydrogen) atoms. The number of nitrogens with one attached hydrogen (secondary N) is 2. The van der Waals surface area contributed by atoms with Crippen molar-refractivity contribution in [2.45, 2.75) is 13.5 Å². The van der Waals surface area contributed by atoms with E-state index in [-0.39, 0.29) is 0 Å². The first-order chi connectivity index (χ1) is 8.67. The zero-order valence-corrected chi connectivity index (χ0v) is 11.6. The molecule has 1 aromatic rings. The van der Waals surface area contributed by atoms with E-state index in [4.69, 9.17) is 0 Å². The smallest absolute Gasteiger partial charge is 0.191 e. The van der Waals surface area contributed by atoms with Gasteiger partial charge in [0, 0.05) is 27.2 Å². The quantitative estimate of drug-likeness (QED) is 0.525. The lowest BCUT2D eigenvalue weighted by Crippen LogP contribution is -2.40. The molecule has 0 aliphatic carbocycles. The Morgan fingerprint density at radius 3 is 2.83 bits per heavy atom. The topological polar surface area (TPSA) is 70.4 Å². The number of likely N-dealkylation sites (N-methyl/N-ethyl adjacent to an activating group) is 1. The minimum Gasteiger partial charge on any atom is -0.355 e. The molecule has 0 fully saturated rings. The SMILES string of the molecule is CCN(C)CCNC(=NC)NCc1ncnn1C. The van der Waals surface area contributed by atoms with Gasteiger partial charge in [0.25, 0.3) is 0 Å². The number of rotatable bonds is 6. The van der Waals surface area contributed by atoms with Crippen LogP contribution < -0.4 is 10.6 Å². The third kappa shape index (κ3) is 4.70. The molecule has 0 bridgehead atoms. The van der Waals surface area contributed by atoms with E-state index in [2.05, 4.69) is 44.6 Å². The van der Waals surface area contributed by atoms with Gasteiger partial charge in [-0.05, 0) is 13.6 Å². The zero-order chi connectivity index (χ0) is 13.4. The Balaban J connectivity index is 2.28. The normalized spacial score (nSPS) is 11.9. The van der Waals surface area contributed by atoms with Crippen LogP contribution in [0.1, 0.15) is 12.7 Å². The fourth-order valence-corrected chi connectivity index (χ4v) is 1.39. The minimum atomic E-state index is 0.611. The molecule has 2 N–H and O–H groups in total. The Morgan fingerprint density at radius 1 is 1.50 bits per heavy atom. The summed E-state index contributed by atoms with van der Waals surface area (Å²) in [5, 5.41) is 10.5. The number of hydrogen-bond acceptors (Lipinski definition) is 4. The molecule has 0 spiro atoms. The van der Waals surface area contributed by atoms with Gasteiger partial charge in [-0.15, -0.1) is 0 Å². The van der Waals surface area contributed by atoms with Crippen LogP contribution in [0.4, 0.5) is 0 Å². The van der Waals surface area contributed by atoms with Gasteiger partial charge in [-0.3, -0.25) is 9.67 Å². The van der Waals surface area contributed by atoms with Gasteiger partial charge in [0.2, 0.25) is 0 Å². The van der Waals surface area contributed by atoms with Crippen LogP contribution in [0.3, 0.4) is 0 Å². The van der Waals surface area contributed by atoms with Crippen molar-refractivity contribution < 1.29 is 0 Å². The van der Waals surface area contributed by atoms with Crippen molar-refractivity contribution in [1.82, 2.24) is 30.3 Å². The first-order valence-electron chi connectivity index (χ1n) is 6.13. The van der Waals surface area contributed by atoms with Crippen LogP contribution in [-0.2, 0) is 13.6 Å². The molecule has 0 unspecified atom stereocenters. The van der Waals surface area contributed by atoms with Gasteiger partial charge in [-0.25, -0.2) is 4.98 Å². The van der Waals surface area contributed by atoms with Crippen LogP contribution in [0.25, 0.3) is 0 Å². The third-order valence-electron chi connectivity index (χ3n) is 2.77. The Kier molecular flexibility index (Phi) is 6.13. The van der Waals surface area contributed by atoms with Crippen molar-refractivity contribution >= 4 is 5.96 Å². The minimum absolute atomic E-state index is 0.611. The third-order valence-corrected chi connectivity index (χ3v) is 2.77. The van der Waals surface area contributed by atoms with E-state index in [1.807, 2.05) is 7.05 Å². The molecule has 0 aromatic carbocycles. The predicted molar refractivity (Wildman–Crippen MR) is 72.4 cm³/mol. The molecule has 0 saturated carbocycles. The monoisotopic (exact) mass is 253 g/mol. The molecule has 1 rings (SSSR count). The average Bonchev–Trinajstić information content (AvgIpc) is 2.78. The summed E-state index contributed by atoms with van der Waals surface area (Å²) in [5.74, 6) is 1.66. The summed E-state index contributed by atoms with van der Waals surface area (Å²) < 4.78 is 1.74. The molecule has 102 valence electrons. The molecule has 1 aromatic heterocycles. The van der Waals surface area contributed by atoms with E-state index >= 15 is 0 Å². The zero-order valence-electron chi connectivity index (χ0n) is 11.6. The molecule has 0 saturated heterocycles. The predicted octanol–water partition coefficient (Wildman–Crippen LogP) is -0.568. The lowest BCUT2D eigenvalue weighted by atomic mass is 10.5. The molecule has 7 heteroatoms. The number of aliphatic imine (C=N–C) groups is 1. The summed E-state index contributed by atoms with van der Waals surface area (Å²) in [6, 6.07) is 0. The van der Waals surface area contributed by atoms with Crippen LogP contribution in [0.15, 0.2) is 11.3 Å². The van der Waals surface area contributed by atoms with Gasteiger partial charge < -0.3 is 15.5 Å². The maximum absolute atomic E-state index is 4.16. The molecule has 0 radical (unpaired) electrons. The lowest BCUT2D eigenvalue weighted by Gasteiger charge is -2.16. The Bertz CT molecular complexity index is 371. The van der Waals surface area contributed by atoms with E-state index in [0.29, 0.717) is 6.54 Å². The molecule has 7 nitrogen and oxygen atoms in total. The van der Waals surface area contributed by atoms with Gasteiger partial charge in [-0.1, -0.05) is 6.92 Å². The van der Waals surface area contributed by atoms with Crippen molar-refractivity contribution in [3.05, 3.63) is 12.2 Å². The van der Waals surface area contributed by atoms with Crippen LogP contribution in [0.2, 0.25) is 0 Å². The number of aromatic nitrogens is 3. The van der Waals surface area contributed by atoms with E-state index in [1.165, 1.54) is 0 Å². The van der Waals surface area contributed by atoms with Gasteiger partial charge in [0.15, 0.2) is 5.96 Å². The number of guanidine groups is 1. The number of nitrogens with zero attached hydrogens (tertiary/aromatic N) is 5. The Hall–Kier alpha value is -1.63. The van der Waals surface area contributed by atoms with Crippen LogP contribution in [-0.4, -0.2) is 59.4 Å². The standard InChI is InChI=1S/C11H23N7/c1-5-17(3)7-6-13-11(12-2)14-8-10-15-9-16-18(10)4/h9H,5-8H2,1-4H3,(H2,12,13,14). The van der Waals surface area contributed by atoms with Gasteiger partial charge >= 0.3 is 0 Å². The second-order valence-corrected chi connectivity index (χ2v) is 4.05. The highest BCUT2D eigenvalue weighted by Crippen LogP contribution is 1.88. The summed E-state index contributed by atoms with van der Waals surface area (Å²) >= 11 is 0. The lowest BCUT2D eigenvalue weighted by molar-refractivity contribution is 0.357. The first kappa shape index (κ1) is 14.4. The molecular formula is C11H23N7. The van der Waals surface area contributed by atoms with Crippen LogP contribution >= 0.6 is 0 Å². The van der Waals surface area contributed by atoms with Gasteiger partial charge in [0.05, 0.1) is 6.54 Å².